The molecule has 0 N–H and O–H groups in total. The van der Waals surface area contributed by atoms with Crippen molar-refractivity contribution in [1.82, 2.24) is 0 Å². The van der Waals surface area contributed by atoms with Crippen molar-refractivity contribution in [2.45, 2.75) is 38.0 Å². The molecule has 0 atom stereocenters. The van der Waals surface area contributed by atoms with Gasteiger partial charge in [-0.15, -0.1) is 8.58 Å². The van der Waals surface area contributed by atoms with Crippen LogP contribution in [-0.4, -0.2) is 0 Å². The summed E-state index contributed by atoms with van der Waals surface area (Å²) >= 11 is 0. The fourth-order valence-corrected chi connectivity index (χ4v) is 6.98. The molecule has 0 aliphatic heterocycles. The Bertz CT molecular complexity index is 1050. The summed E-state index contributed by atoms with van der Waals surface area (Å²) < 4.78 is 0. The Labute approximate surface area is 189 Å². The van der Waals surface area contributed by atoms with Gasteiger partial charge in [0.2, 0.25) is 0 Å². The van der Waals surface area contributed by atoms with E-state index in [1.165, 1.54) is 33.4 Å². The Morgan fingerprint density at radius 2 is 0.742 bits per heavy atom. The molecule has 31 heavy (non-hydrogen) atoms. The van der Waals surface area contributed by atoms with Gasteiger partial charge >= 0.3 is 0 Å². The van der Waals surface area contributed by atoms with Crippen LogP contribution in [0.4, 0.5) is 0 Å². The monoisotopic (exact) mass is 422 g/mol. The second kappa shape index (κ2) is 8.81. The molecule has 0 heterocycles. The molecule has 0 aliphatic rings. The van der Waals surface area contributed by atoms with Crippen molar-refractivity contribution in [1.29, 1.82) is 0 Å². The first-order valence-electron chi connectivity index (χ1n) is 11.0. The first kappa shape index (κ1) is 21.5. The molecule has 0 saturated heterocycles. The van der Waals surface area contributed by atoms with Crippen molar-refractivity contribution >= 4 is 8.58 Å². The van der Waals surface area contributed by atoms with Crippen molar-refractivity contribution in [2.24, 2.45) is 0 Å². The zero-order valence-corrected chi connectivity index (χ0v) is 19.9. The predicted molar refractivity (Wildman–Crippen MR) is 138 cm³/mol. The van der Waals surface area contributed by atoms with Crippen LogP contribution in [-0.2, 0) is 10.3 Å². The van der Waals surface area contributed by atoms with Gasteiger partial charge in [-0.2, -0.15) is 0 Å². The van der Waals surface area contributed by atoms with Gasteiger partial charge in [0.25, 0.3) is 0 Å². The zero-order chi connectivity index (χ0) is 21.9. The standard InChI is InChI=1S/C30H31P/c1-29(2,27-21-13-11-19-25(27)23-15-7-5-8-16-23)31-30(3,4)28-22-14-12-20-26(28)24-17-9-6-10-18-24/h5-22,31H,1-4H3. The lowest BCUT2D eigenvalue weighted by Gasteiger charge is -2.38. The first-order valence-corrected chi connectivity index (χ1v) is 12.0. The van der Waals surface area contributed by atoms with E-state index in [9.17, 15) is 0 Å². The summed E-state index contributed by atoms with van der Waals surface area (Å²) in [6.45, 7) is 9.61. The van der Waals surface area contributed by atoms with Gasteiger partial charge in [-0.3, -0.25) is 0 Å². The summed E-state index contributed by atoms with van der Waals surface area (Å²) in [5, 5.41) is 0.0828. The van der Waals surface area contributed by atoms with Gasteiger partial charge in [0.05, 0.1) is 0 Å². The third-order valence-electron chi connectivity index (χ3n) is 6.00. The second-order valence-electron chi connectivity index (χ2n) is 9.20. The molecule has 0 radical (unpaired) electrons. The lowest BCUT2D eigenvalue weighted by Crippen LogP contribution is -2.22. The van der Waals surface area contributed by atoms with Crippen LogP contribution in [0.5, 0.6) is 0 Å². The maximum Gasteiger partial charge on any atom is 0.00842 e. The highest BCUT2D eigenvalue weighted by Gasteiger charge is 2.34. The van der Waals surface area contributed by atoms with Gasteiger partial charge in [-0.25, -0.2) is 0 Å². The first-order chi connectivity index (χ1) is 14.9. The highest BCUT2D eigenvalue weighted by atomic mass is 31.1. The van der Waals surface area contributed by atoms with E-state index in [0.717, 1.165) is 8.58 Å². The van der Waals surface area contributed by atoms with E-state index < -0.39 is 0 Å². The maximum atomic E-state index is 2.40. The average molecular weight is 423 g/mol. The van der Waals surface area contributed by atoms with E-state index in [4.69, 9.17) is 0 Å². The van der Waals surface area contributed by atoms with Gasteiger partial charge < -0.3 is 0 Å². The van der Waals surface area contributed by atoms with Crippen LogP contribution in [0.2, 0.25) is 0 Å². The third-order valence-corrected chi connectivity index (χ3v) is 7.78. The van der Waals surface area contributed by atoms with Crippen molar-refractivity contribution in [2.75, 3.05) is 0 Å². The van der Waals surface area contributed by atoms with Crippen LogP contribution < -0.4 is 0 Å². The number of hydrogen-bond donors (Lipinski definition) is 0. The lowest BCUT2D eigenvalue weighted by atomic mass is 9.91. The van der Waals surface area contributed by atoms with Crippen molar-refractivity contribution in [3.63, 3.8) is 0 Å². The molecule has 0 aromatic heterocycles. The molecule has 1 heteroatoms. The fraction of sp³-hybridized carbons (Fsp3) is 0.200. The summed E-state index contributed by atoms with van der Waals surface area (Å²) in [4.78, 5) is 0. The molecule has 0 unspecified atom stereocenters. The zero-order valence-electron chi connectivity index (χ0n) is 18.9. The van der Waals surface area contributed by atoms with Crippen LogP contribution in [0.1, 0.15) is 38.8 Å². The SMILES string of the molecule is CC(C)(PC(C)(C)c1ccccc1-c1ccccc1)c1ccccc1-c1ccccc1. The minimum absolute atomic E-state index is 0.0414. The van der Waals surface area contributed by atoms with Crippen molar-refractivity contribution in [3.8, 4) is 22.3 Å². The minimum atomic E-state index is 0.0414. The molecule has 4 rings (SSSR count). The molecule has 0 saturated carbocycles. The summed E-state index contributed by atoms with van der Waals surface area (Å²) in [7, 11) is 0.723. The smallest absolute Gasteiger partial charge is 0.00842 e. The van der Waals surface area contributed by atoms with Crippen molar-refractivity contribution < 1.29 is 0 Å². The summed E-state index contributed by atoms with van der Waals surface area (Å²) in [6.07, 6.45) is 0. The Kier molecular flexibility index (Phi) is 6.12. The lowest BCUT2D eigenvalue weighted by molar-refractivity contribution is 0.703. The van der Waals surface area contributed by atoms with E-state index in [1.807, 2.05) is 0 Å². The molecule has 0 nitrogen and oxygen atoms in total. The normalized spacial score (nSPS) is 12.0. The summed E-state index contributed by atoms with van der Waals surface area (Å²) in [6, 6.07) is 39.4. The van der Waals surface area contributed by atoms with Gasteiger partial charge in [0.15, 0.2) is 0 Å². The van der Waals surface area contributed by atoms with Crippen molar-refractivity contribution in [3.05, 3.63) is 120 Å². The van der Waals surface area contributed by atoms with Gasteiger partial charge in [-0.05, 0) is 33.4 Å². The molecule has 0 aliphatic carbocycles. The predicted octanol–water partition coefficient (Wildman–Crippen LogP) is 8.87. The average Bonchev–Trinajstić information content (AvgIpc) is 2.80. The van der Waals surface area contributed by atoms with E-state index in [0.29, 0.717) is 0 Å². The molecule has 0 spiro atoms. The fourth-order valence-electron chi connectivity index (χ4n) is 4.71. The molecule has 0 amide bonds. The quantitative estimate of drug-likeness (QED) is 0.272. The molecular formula is C30H31P. The largest absolute Gasteiger partial charge is 0.101 e. The number of benzene rings is 4. The molecule has 4 aromatic carbocycles. The van der Waals surface area contributed by atoms with Crippen LogP contribution in [0, 0.1) is 0 Å². The van der Waals surface area contributed by atoms with E-state index in [2.05, 4.69) is 137 Å². The van der Waals surface area contributed by atoms with Crippen LogP contribution in [0.15, 0.2) is 109 Å². The van der Waals surface area contributed by atoms with Gasteiger partial charge in [0, 0.05) is 10.3 Å². The Morgan fingerprint density at radius 3 is 1.13 bits per heavy atom. The summed E-state index contributed by atoms with van der Waals surface area (Å²) in [5.74, 6) is 0. The van der Waals surface area contributed by atoms with E-state index in [1.54, 1.807) is 0 Å². The molecule has 0 fully saturated rings. The maximum absolute atomic E-state index is 2.40. The molecular weight excluding hydrogens is 391 g/mol. The Balaban J connectivity index is 1.74. The van der Waals surface area contributed by atoms with Gasteiger partial charge in [-0.1, -0.05) is 137 Å². The topological polar surface area (TPSA) is 0 Å². The van der Waals surface area contributed by atoms with E-state index >= 15 is 0 Å². The molecule has 4 aromatic rings. The van der Waals surface area contributed by atoms with Crippen LogP contribution >= 0.6 is 8.58 Å². The van der Waals surface area contributed by atoms with Crippen LogP contribution in [0.3, 0.4) is 0 Å². The Morgan fingerprint density at radius 1 is 0.419 bits per heavy atom. The molecule has 156 valence electrons. The number of hydrogen-bond acceptors (Lipinski definition) is 0. The third kappa shape index (κ3) is 4.65. The Hall–Kier alpha value is -2.69. The highest BCUT2D eigenvalue weighted by molar-refractivity contribution is 7.41. The number of rotatable bonds is 6. The van der Waals surface area contributed by atoms with Gasteiger partial charge in [0.1, 0.15) is 0 Å². The molecule has 0 bridgehead atoms. The minimum Gasteiger partial charge on any atom is -0.101 e. The summed E-state index contributed by atoms with van der Waals surface area (Å²) in [5.41, 5.74) is 8.10. The highest BCUT2D eigenvalue weighted by Crippen LogP contribution is 2.56. The second-order valence-corrected chi connectivity index (χ2v) is 11.9. The van der Waals surface area contributed by atoms with Crippen LogP contribution in [0.25, 0.3) is 22.3 Å². The van der Waals surface area contributed by atoms with E-state index in [-0.39, 0.29) is 10.3 Å².